The van der Waals surface area contributed by atoms with Crippen LogP contribution in [0.3, 0.4) is 0 Å². The molecule has 0 atom stereocenters. The zero-order chi connectivity index (χ0) is 24.9. The summed E-state index contributed by atoms with van der Waals surface area (Å²) in [6.07, 6.45) is 0. The van der Waals surface area contributed by atoms with Gasteiger partial charge in [0, 0.05) is 31.3 Å². The van der Waals surface area contributed by atoms with E-state index in [0.717, 1.165) is 15.8 Å². The van der Waals surface area contributed by atoms with Gasteiger partial charge in [0.25, 0.3) is 0 Å². The van der Waals surface area contributed by atoms with Gasteiger partial charge >= 0.3 is 0 Å². The summed E-state index contributed by atoms with van der Waals surface area (Å²) in [6, 6.07) is 31.7. The second kappa shape index (κ2) is 8.81. The number of fused-ring (bicyclic) bond motifs is 3. The number of hydrogen-bond donors (Lipinski definition) is 0. The zero-order valence-corrected chi connectivity index (χ0v) is 21.9. The molecule has 176 valence electrons. The number of nitrogens with zero attached hydrogens (tertiary/aromatic N) is 3. The molecule has 0 unspecified atom stereocenters. The van der Waals surface area contributed by atoms with E-state index < -0.39 is 0 Å². The Morgan fingerprint density at radius 1 is 0.583 bits per heavy atom. The van der Waals surface area contributed by atoms with Crippen molar-refractivity contribution in [2.45, 2.75) is 26.2 Å². The molecular formula is C31H24ClN3S. The first kappa shape index (κ1) is 22.8. The third-order valence-electron chi connectivity index (χ3n) is 6.47. The first-order chi connectivity index (χ1) is 17.4. The van der Waals surface area contributed by atoms with Crippen LogP contribution in [0.1, 0.15) is 26.3 Å². The predicted octanol–water partition coefficient (Wildman–Crippen LogP) is 9.19. The van der Waals surface area contributed by atoms with Crippen molar-refractivity contribution in [3.8, 4) is 33.9 Å². The number of thiophene rings is 1. The summed E-state index contributed by atoms with van der Waals surface area (Å²) >= 11 is 8.20. The normalized spacial score (nSPS) is 11.9. The maximum absolute atomic E-state index is 6.43. The largest absolute Gasteiger partial charge is 0.226 e. The van der Waals surface area contributed by atoms with Gasteiger partial charge in [-0.15, -0.1) is 11.3 Å². The van der Waals surface area contributed by atoms with Gasteiger partial charge in [-0.25, -0.2) is 4.98 Å². The Hall–Kier alpha value is -3.60. The summed E-state index contributed by atoms with van der Waals surface area (Å²) in [4.78, 5) is 13.8. The summed E-state index contributed by atoms with van der Waals surface area (Å²) < 4.78 is 2.40. The molecule has 0 saturated carbocycles. The Balaban J connectivity index is 1.51. The van der Waals surface area contributed by atoms with Crippen LogP contribution in [0.15, 0.2) is 91.0 Å². The van der Waals surface area contributed by atoms with Crippen molar-refractivity contribution in [1.82, 2.24) is 15.0 Å². The summed E-state index contributed by atoms with van der Waals surface area (Å²) in [6.45, 7) is 6.61. The van der Waals surface area contributed by atoms with Crippen LogP contribution in [-0.2, 0) is 5.41 Å². The molecule has 0 fully saturated rings. The van der Waals surface area contributed by atoms with E-state index in [-0.39, 0.29) is 10.7 Å². The predicted molar refractivity (Wildman–Crippen MR) is 153 cm³/mol. The van der Waals surface area contributed by atoms with Gasteiger partial charge in [0.2, 0.25) is 5.28 Å². The SMILES string of the molecule is CC(C)(C)c1ccc(-c2nc(Cl)nc(-c3cccc4c3sc3c(-c5ccccc5)cccc34)n2)cc1. The molecule has 5 heteroatoms. The molecule has 2 heterocycles. The van der Waals surface area contributed by atoms with Crippen molar-refractivity contribution >= 4 is 43.1 Å². The highest BCUT2D eigenvalue weighted by Gasteiger charge is 2.18. The van der Waals surface area contributed by atoms with E-state index in [1.54, 1.807) is 11.3 Å². The lowest BCUT2D eigenvalue weighted by molar-refractivity contribution is 0.590. The summed E-state index contributed by atoms with van der Waals surface area (Å²) in [7, 11) is 0. The molecule has 3 nitrogen and oxygen atoms in total. The third kappa shape index (κ3) is 4.06. The second-order valence-electron chi connectivity index (χ2n) is 9.91. The first-order valence-electron chi connectivity index (χ1n) is 11.9. The summed E-state index contributed by atoms with van der Waals surface area (Å²) in [5, 5.41) is 2.62. The van der Waals surface area contributed by atoms with Crippen LogP contribution in [-0.4, -0.2) is 15.0 Å². The topological polar surface area (TPSA) is 38.7 Å². The van der Waals surface area contributed by atoms with Crippen molar-refractivity contribution in [3.63, 3.8) is 0 Å². The highest BCUT2D eigenvalue weighted by molar-refractivity contribution is 7.26. The molecular weight excluding hydrogens is 482 g/mol. The molecule has 0 aliphatic carbocycles. The van der Waals surface area contributed by atoms with E-state index in [1.807, 2.05) is 6.07 Å². The van der Waals surface area contributed by atoms with Gasteiger partial charge in [0.1, 0.15) is 0 Å². The van der Waals surface area contributed by atoms with Gasteiger partial charge in [0.05, 0.1) is 0 Å². The lowest BCUT2D eigenvalue weighted by atomic mass is 9.87. The minimum absolute atomic E-state index is 0.0792. The van der Waals surface area contributed by atoms with E-state index in [4.69, 9.17) is 16.6 Å². The molecule has 0 aliphatic rings. The lowest BCUT2D eigenvalue weighted by Crippen LogP contribution is -2.10. The molecule has 0 N–H and O–H groups in total. The maximum Gasteiger partial charge on any atom is 0.226 e. The van der Waals surface area contributed by atoms with Crippen molar-refractivity contribution in [1.29, 1.82) is 0 Å². The highest BCUT2D eigenvalue weighted by atomic mass is 35.5. The minimum atomic E-state index is 0.0792. The Labute approximate surface area is 219 Å². The highest BCUT2D eigenvalue weighted by Crippen LogP contribution is 2.43. The number of hydrogen-bond acceptors (Lipinski definition) is 4. The van der Waals surface area contributed by atoms with E-state index in [1.165, 1.54) is 32.2 Å². The van der Waals surface area contributed by atoms with E-state index >= 15 is 0 Å². The number of benzene rings is 4. The fourth-order valence-corrected chi connectivity index (χ4v) is 6.07. The van der Waals surface area contributed by atoms with Gasteiger partial charge in [-0.1, -0.05) is 106 Å². The van der Waals surface area contributed by atoms with Gasteiger partial charge in [0.15, 0.2) is 11.6 Å². The smallest absolute Gasteiger partial charge is 0.208 e. The fourth-order valence-electron chi connectivity index (χ4n) is 4.56. The maximum atomic E-state index is 6.43. The third-order valence-corrected chi connectivity index (χ3v) is 7.92. The standard InChI is InChI=1S/C31H24ClN3S/c1-31(2,3)21-17-15-20(16-18-21)28-33-29(35-30(32)34-28)25-14-8-13-24-23-12-7-11-22(26(23)36-27(24)25)19-9-5-4-6-10-19/h4-18H,1-3H3. The Kier molecular flexibility index (Phi) is 5.59. The molecule has 0 radical (unpaired) electrons. The van der Waals surface area contributed by atoms with Crippen molar-refractivity contribution < 1.29 is 0 Å². The quantitative estimate of drug-likeness (QED) is 0.240. The molecule has 6 aromatic rings. The molecule has 0 amide bonds. The average Bonchev–Trinajstić information content (AvgIpc) is 3.27. The summed E-state index contributed by atoms with van der Waals surface area (Å²) in [5.74, 6) is 1.16. The second-order valence-corrected chi connectivity index (χ2v) is 11.3. The molecule has 6 rings (SSSR count). The van der Waals surface area contributed by atoms with Crippen LogP contribution < -0.4 is 0 Å². The molecule has 0 saturated heterocycles. The Morgan fingerprint density at radius 3 is 1.86 bits per heavy atom. The van der Waals surface area contributed by atoms with Gasteiger partial charge in [-0.3, -0.25) is 0 Å². The Bertz CT molecular complexity index is 1720. The fraction of sp³-hybridized carbons (Fsp3) is 0.129. The molecule has 36 heavy (non-hydrogen) atoms. The number of rotatable bonds is 3. The van der Waals surface area contributed by atoms with E-state index in [9.17, 15) is 0 Å². The summed E-state index contributed by atoms with van der Waals surface area (Å²) in [5.41, 5.74) is 5.66. The van der Waals surface area contributed by atoms with Crippen molar-refractivity contribution in [2.24, 2.45) is 0 Å². The molecule has 0 spiro atoms. The number of aromatic nitrogens is 3. The van der Waals surface area contributed by atoms with Crippen molar-refractivity contribution in [3.05, 3.63) is 102 Å². The van der Waals surface area contributed by atoms with Crippen LogP contribution in [0.2, 0.25) is 5.28 Å². The van der Waals surface area contributed by atoms with Gasteiger partial charge < -0.3 is 0 Å². The van der Waals surface area contributed by atoms with Gasteiger partial charge in [-0.2, -0.15) is 9.97 Å². The lowest BCUT2D eigenvalue weighted by Gasteiger charge is -2.19. The van der Waals surface area contributed by atoms with Crippen molar-refractivity contribution in [2.75, 3.05) is 0 Å². The molecule has 2 aromatic heterocycles. The molecule has 4 aromatic carbocycles. The van der Waals surface area contributed by atoms with Crippen LogP contribution >= 0.6 is 22.9 Å². The number of halogens is 1. The average molecular weight is 506 g/mol. The zero-order valence-electron chi connectivity index (χ0n) is 20.3. The molecule has 0 bridgehead atoms. The van der Waals surface area contributed by atoms with E-state index in [0.29, 0.717) is 11.6 Å². The van der Waals surface area contributed by atoms with Crippen LogP contribution in [0.25, 0.3) is 54.1 Å². The molecule has 0 aliphatic heterocycles. The Morgan fingerprint density at radius 2 is 1.19 bits per heavy atom. The minimum Gasteiger partial charge on any atom is -0.208 e. The van der Waals surface area contributed by atoms with Crippen LogP contribution in [0.4, 0.5) is 0 Å². The first-order valence-corrected chi connectivity index (χ1v) is 13.1. The van der Waals surface area contributed by atoms with Crippen LogP contribution in [0.5, 0.6) is 0 Å². The monoisotopic (exact) mass is 505 g/mol. The van der Waals surface area contributed by atoms with Crippen LogP contribution in [0, 0.1) is 0 Å². The van der Waals surface area contributed by atoms with E-state index in [2.05, 4.69) is 116 Å². The van der Waals surface area contributed by atoms with Gasteiger partial charge in [-0.05, 0) is 39.8 Å².